The van der Waals surface area contributed by atoms with E-state index in [-0.39, 0.29) is 12.5 Å². The number of nitrogens with zero attached hydrogens (tertiary/aromatic N) is 3. The molecule has 8 nitrogen and oxygen atoms in total. The van der Waals surface area contributed by atoms with Gasteiger partial charge in [-0.05, 0) is 96.4 Å². The quantitative estimate of drug-likeness (QED) is 0.158. The summed E-state index contributed by atoms with van der Waals surface area (Å²) in [4.78, 5) is 18.8. The highest BCUT2D eigenvalue weighted by Gasteiger charge is 2.35. The number of hydrogen-bond acceptors (Lipinski definition) is 7. The van der Waals surface area contributed by atoms with Crippen molar-refractivity contribution in [2.75, 3.05) is 23.0 Å². The average Bonchev–Trinajstić information content (AvgIpc) is 3.37. The number of carbonyl (C=O) groups excluding carboxylic acids is 1. The maximum atomic E-state index is 14.1. The first-order chi connectivity index (χ1) is 21.1. The lowest BCUT2D eigenvalue weighted by Gasteiger charge is -2.29. The number of anilines is 2. The Labute approximate surface area is 279 Å². The van der Waals surface area contributed by atoms with Gasteiger partial charge in [-0.2, -0.15) is 4.98 Å². The van der Waals surface area contributed by atoms with Crippen LogP contribution in [0.2, 0.25) is 10.0 Å². The lowest BCUT2D eigenvalue weighted by Crippen LogP contribution is -2.31. The van der Waals surface area contributed by atoms with Crippen molar-refractivity contribution >= 4 is 68.4 Å². The van der Waals surface area contributed by atoms with Crippen molar-refractivity contribution in [3.8, 4) is 11.5 Å². The molecule has 44 heavy (non-hydrogen) atoms. The number of nitrogens with one attached hydrogen (secondary N) is 2. The monoisotopic (exact) mass is 715 g/mol. The van der Waals surface area contributed by atoms with Crippen LogP contribution in [0.25, 0.3) is 0 Å². The number of rotatable bonds is 10. The Hall–Kier alpha value is -3.18. The van der Waals surface area contributed by atoms with Crippen LogP contribution in [0.3, 0.4) is 0 Å². The molecule has 0 aliphatic carbocycles. The van der Waals surface area contributed by atoms with E-state index in [1.54, 1.807) is 22.9 Å². The fraction of sp³-hybridized carbons (Fsp3) is 0.281. The predicted octanol–water partition coefficient (Wildman–Crippen LogP) is 8.98. The standard InChI is InChI=1S/C32H32BrCl2N5O3S/c1-6-42-26-15-20(14-22(33)29(26)43-16-21-23(34)11-9-12-24(21)35)28-27(30(41)37-25-13-8-10-17(3)18(25)4)19(5)36-31-38-32(44-7-2)39-40(28)31/h8-15,28H,6-7,16H2,1-5H3,(H,37,41)(H,36,38,39). The molecule has 0 spiro atoms. The molecule has 0 saturated carbocycles. The molecule has 5 rings (SSSR count). The Bertz CT molecular complexity index is 1740. The molecule has 12 heteroatoms. The molecule has 2 N–H and O–H groups in total. The van der Waals surface area contributed by atoms with Gasteiger partial charge in [0.1, 0.15) is 12.6 Å². The van der Waals surface area contributed by atoms with Crippen molar-refractivity contribution in [1.29, 1.82) is 0 Å². The Morgan fingerprint density at radius 1 is 1.09 bits per heavy atom. The minimum Gasteiger partial charge on any atom is -0.490 e. The smallest absolute Gasteiger partial charge is 0.255 e. The number of ether oxygens (including phenoxy) is 2. The topological polar surface area (TPSA) is 90.3 Å². The van der Waals surface area contributed by atoms with Crippen molar-refractivity contribution in [3.63, 3.8) is 0 Å². The fourth-order valence-electron chi connectivity index (χ4n) is 4.96. The number of fused-ring (bicyclic) bond motifs is 1. The lowest BCUT2D eigenvalue weighted by atomic mass is 9.94. The van der Waals surface area contributed by atoms with Gasteiger partial charge in [0.05, 0.1) is 16.7 Å². The van der Waals surface area contributed by atoms with Gasteiger partial charge in [-0.15, -0.1) is 5.10 Å². The van der Waals surface area contributed by atoms with E-state index in [0.29, 0.717) is 60.6 Å². The zero-order valence-corrected chi connectivity index (χ0v) is 28.8. The van der Waals surface area contributed by atoms with Gasteiger partial charge >= 0.3 is 0 Å². The van der Waals surface area contributed by atoms with Crippen LogP contribution >= 0.6 is 50.9 Å². The van der Waals surface area contributed by atoms with Crippen LogP contribution in [0, 0.1) is 13.8 Å². The minimum atomic E-state index is -0.613. The van der Waals surface area contributed by atoms with Crippen LogP contribution in [-0.4, -0.2) is 33.0 Å². The van der Waals surface area contributed by atoms with Crippen LogP contribution in [0.1, 0.15) is 49.1 Å². The summed E-state index contributed by atoms with van der Waals surface area (Å²) in [5.74, 6) is 2.10. The van der Waals surface area contributed by atoms with Gasteiger partial charge in [-0.25, -0.2) is 4.68 Å². The van der Waals surface area contributed by atoms with Crippen molar-refractivity contribution in [1.82, 2.24) is 14.8 Å². The molecule has 2 heterocycles. The Kier molecular flexibility index (Phi) is 10.1. The zero-order chi connectivity index (χ0) is 31.5. The number of aryl methyl sites for hydroxylation is 1. The van der Waals surface area contributed by atoms with Gasteiger partial charge in [0.25, 0.3) is 5.91 Å². The summed E-state index contributed by atoms with van der Waals surface area (Å²) in [5.41, 5.74) is 5.45. The van der Waals surface area contributed by atoms with Gasteiger partial charge < -0.3 is 20.1 Å². The van der Waals surface area contributed by atoms with E-state index in [0.717, 1.165) is 28.1 Å². The second kappa shape index (κ2) is 13.9. The molecule has 1 unspecified atom stereocenters. The molecule has 0 radical (unpaired) electrons. The van der Waals surface area contributed by atoms with Crippen molar-refractivity contribution < 1.29 is 14.3 Å². The summed E-state index contributed by atoms with van der Waals surface area (Å²) in [6, 6.07) is 14.4. The minimum absolute atomic E-state index is 0.136. The third-order valence-corrected chi connectivity index (χ3v) is 9.29. The van der Waals surface area contributed by atoms with Gasteiger partial charge in [0.15, 0.2) is 11.5 Å². The largest absolute Gasteiger partial charge is 0.490 e. The number of benzene rings is 3. The van der Waals surface area contributed by atoms with E-state index in [9.17, 15) is 4.79 Å². The van der Waals surface area contributed by atoms with Crippen LogP contribution in [0.5, 0.6) is 11.5 Å². The number of aromatic nitrogens is 3. The second-order valence-electron chi connectivity index (χ2n) is 10.1. The first-order valence-corrected chi connectivity index (χ1v) is 16.6. The molecule has 0 saturated heterocycles. The van der Waals surface area contributed by atoms with Gasteiger partial charge in [-0.1, -0.05) is 60.1 Å². The van der Waals surface area contributed by atoms with Gasteiger partial charge in [-0.3, -0.25) is 4.79 Å². The predicted molar refractivity (Wildman–Crippen MR) is 182 cm³/mol. The SMILES string of the molecule is CCOc1cc(C2C(C(=O)Nc3cccc(C)c3C)=C(C)Nc3nc(SCC)nn32)cc(Br)c1OCc1c(Cl)cccc1Cl. The third kappa shape index (κ3) is 6.59. The summed E-state index contributed by atoms with van der Waals surface area (Å²) in [6.45, 7) is 10.4. The molecule has 0 fully saturated rings. The molecule has 4 aromatic rings. The van der Waals surface area contributed by atoms with Crippen molar-refractivity contribution in [2.45, 2.75) is 52.4 Å². The molecule has 230 valence electrons. The van der Waals surface area contributed by atoms with E-state index >= 15 is 0 Å². The molecule has 0 bridgehead atoms. The summed E-state index contributed by atoms with van der Waals surface area (Å²) in [5, 5.41) is 12.9. The maximum absolute atomic E-state index is 14.1. The first kappa shape index (κ1) is 32.2. The van der Waals surface area contributed by atoms with Crippen LogP contribution in [0.15, 0.2) is 69.4 Å². The van der Waals surface area contributed by atoms with E-state index in [2.05, 4.69) is 26.6 Å². The van der Waals surface area contributed by atoms with Crippen LogP contribution < -0.4 is 20.1 Å². The fourth-order valence-corrected chi connectivity index (χ4v) is 6.60. The molecule has 1 aliphatic heterocycles. The summed E-state index contributed by atoms with van der Waals surface area (Å²) >= 11 is 18.0. The van der Waals surface area contributed by atoms with Crippen molar-refractivity contribution in [3.05, 3.63) is 96.6 Å². The normalized spacial score (nSPS) is 14.2. The number of carbonyl (C=O) groups is 1. The van der Waals surface area contributed by atoms with Gasteiger partial charge in [0, 0.05) is 27.0 Å². The van der Waals surface area contributed by atoms with E-state index in [4.69, 9.17) is 42.8 Å². The van der Waals surface area contributed by atoms with E-state index in [1.165, 1.54) is 11.8 Å². The second-order valence-corrected chi connectivity index (χ2v) is 13.0. The highest BCUT2D eigenvalue weighted by Crippen LogP contribution is 2.44. The Morgan fingerprint density at radius 3 is 2.52 bits per heavy atom. The first-order valence-electron chi connectivity index (χ1n) is 14.1. The number of allylic oxidation sites excluding steroid dienone is 1. The number of hydrogen-bond donors (Lipinski definition) is 2. The third-order valence-electron chi connectivity index (χ3n) is 7.27. The molecular weight excluding hydrogens is 685 g/mol. The summed E-state index contributed by atoms with van der Waals surface area (Å²) in [6.07, 6.45) is 0. The number of thioether (sulfide) groups is 1. The van der Waals surface area contributed by atoms with E-state index in [1.807, 2.05) is 65.0 Å². The lowest BCUT2D eigenvalue weighted by molar-refractivity contribution is -0.113. The average molecular weight is 718 g/mol. The van der Waals surface area contributed by atoms with Crippen LogP contribution in [-0.2, 0) is 11.4 Å². The molecule has 1 atom stereocenters. The molecular formula is C32H32BrCl2N5O3S. The Balaban J connectivity index is 1.59. The van der Waals surface area contributed by atoms with E-state index < -0.39 is 6.04 Å². The number of amides is 1. The Morgan fingerprint density at radius 2 is 1.82 bits per heavy atom. The van der Waals surface area contributed by atoms with Crippen LogP contribution in [0.4, 0.5) is 11.6 Å². The molecule has 1 aliphatic rings. The number of halogens is 3. The molecule has 1 aromatic heterocycles. The molecule has 3 aromatic carbocycles. The van der Waals surface area contributed by atoms with Gasteiger partial charge in [0.2, 0.25) is 11.1 Å². The summed E-state index contributed by atoms with van der Waals surface area (Å²) < 4.78 is 14.7. The zero-order valence-electron chi connectivity index (χ0n) is 24.9. The highest BCUT2D eigenvalue weighted by atomic mass is 79.9. The summed E-state index contributed by atoms with van der Waals surface area (Å²) in [7, 11) is 0. The maximum Gasteiger partial charge on any atom is 0.255 e. The highest BCUT2D eigenvalue weighted by molar-refractivity contribution is 9.10. The van der Waals surface area contributed by atoms with Crippen molar-refractivity contribution in [2.24, 2.45) is 0 Å². The molecule has 1 amide bonds.